The van der Waals surface area contributed by atoms with Crippen molar-refractivity contribution in [2.45, 2.75) is 4.90 Å². The standard InChI is InChI=1S/C19H13N3O4S/c23-19(13-9-11-20-12-10-13)26-16-7-3-2-6-15(16)21-18-14-5-1-4-8-17(14)27(24,25)22-18/h1-12H,(H,21,22). The fraction of sp³-hybridized carbons (Fsp3) is 0. The van der Waals surface area contributed by atoms with Crippen molar-refractivity contribution in [3.8, 4) is 5.75 Å². The Morgan fingerprint density at radius 1 is 0.926 bits per heavy atom. The highest BCUT2D eigenvalue weighted by atomic mass is 32.2. The van der Waals surface area contributed by atoms with Crippen LogP contribution in [-0.2, 0) is 10.0 Å². The highest BCUT2D eigenvalue weighted by Crippen LogP contribution is 2.30. The summed E-state index contributed by atoms with van der Waals surface area (Å²) in [4.78, 5) is 16.3. The van der Waals surface area contributed by atoms with Gasteiger partial charge in [-0.25, -0.2) is 4.79 Å². The lowest BCUT2D eigenvalue weighted by Gasteiger charge is -2.12. The Morgan fingerprint density at radius 3 is 2.44 bits per heavy atom. The molecular formula is C19H13N3O4S. The quantitative estimate of drug-likeness (QED) is 0.555. The number of sulfonamides is 1. The molecule has 1 N–H and O–H groups in total. The molecule has 1 aliphatic rings. The van der Waals surface area contributed by atoms with Crippen LogP contribution in [0.15, 0.2) is 82.4 Å². The summed E-state index contributed by atoms with van der Waals surface area (Å²) in [6.45, 7) is 0. The van der Waals surface area contributed by atoms with Crippen molar-refractivity contribution in [1.82, 2.24) is 4.98 Å². The van der Waals surface area contributed by atoms with Gasteiger partial charge in [-0.15, -0.1) is 4.40 Å². The summed E-state index contributed by atoms with van der Waals surface area (Å²) in [5, 5.41) is 2.96. The molecule has 134 valence electrons. The molecule has 0 saturated carbocycles. The maximum absolute atomic E-state index is 12.3. The molecule has 1 aromatic heterocycles. The number of fused-ring (bicyclic) bond motifs is 1. The highest BCUT2D eigenvalue weighted by Gasteiger charge is 2.29. The molecular weight excluding hydrogens is 366 g/mol. The summed E-state index contributed by atoms with van der Waals surface area (Å²) in [5.74, 6) is -0.116. The number of hydrogen-bond donors (Lipinski definition) is 1. The van der Waals surface area contributed by atoms with Gasteiger partial charge in [0, 0.05) is 18.0 Å². The van der Waals surface area contributed by atoms with E-state index in [9.17, 15) is 13.2 Å². The normalized spacial score (nSPS) is 14.1. The number of pyridine rings is 1. The molecule has 1 aliphatic heterocycles. The van der Waals surface area contributed by atoms with Crippen LogP contribution in [0, 0.1) is 0 Å². The average Bonchev–Trinajstić information content (AvgIpc) is 2.94. The second-order valence-corrected chi connectivity index (χ2v) is 7.23. The van der Waals surface area contributed by atoms with Gasteiger partial charge in [-0.3, -0.25) is 4.98 Å². The Bertz CT molecular complexity index is 1160. The number of anilines is 1. The van der Waals surface area contributed by atoms with E-state index in [-0.39, 0.29) is 16.5 Å². The van der Waals surface area contributed by atoms with Crippen molar-refractivity contribution in [2.24, 2.45) is 4.40 Å². The Labute approximate surface area is 155 Å². The number of aromatic nitrogens is 1. The predicted octanol–water partition coefficient (Wildman–Crippen LogP) is 2.86. The van der Waals surface area contributed by atoms with Gasteiger partial charge in [0.25, 0.3) is 10.0 Å². The second-order valence-electron chi connectivity index (χ2n) is 5.66. The summed E-state index contributed by atoms with van der Waals surface area (Å²) in [6, 6.07) is 16.3. The smallest absolute Gasteiger partial charge is 0.343 e. The van der Waals surface area contributed by atoms with Crippen LogP contribution in [0.1, 0.15) is 15.9 Å². The highest BCUT2D eigenvalue weighted by molar-refractivity contribution is 7.90. The van der Waals surface area contributed by atoms with Crippen LogP contribution in [0.4, 0.5) is 5.69 Å². The molecule has 4 rings (SSSR count). The molecule has 0 aliphatic carbocycles. The number of nitrogens with one attached hydrogen (secondary N) is 1. The Morgan fingerprint density at radius 2 is 1.63 bits per heavy atom. The summed E-state index contributed by atoms with van der Waals surface area (Å²) in [6.07, 6.45) is 2.99. The Hall–Kier alpha value is -3.52. The number of benzene rings is 2. The second kappa shape index (κ2) is 6.65. The molecule has 0 radical (unpaired) electrons. The van der Waals surface area contributed by atoms with E-state index < -0.39 is 16.0 Å². The first-order valence-corrected chi connectivity index (χ1v) is 9.41. The third-order valence-corrected chi connectivity index (χ3v) is 5.23. The van der Waals surface area contributed by atoms with Gasteiger partial charge in [-0.1, -0.05) is 24.3 Å². The number of rotatable bonds is 3. The van der Waals surface area contributed by atoms with Gasteiger partial charge in [-0.2, -0.15) is 8.42 Å². The van der Waals surface area contributed by atoms with Crippen molar-refractivity contribution in [1.29, 1.82) is 0 Å². The lowest BCUT2D eigenvalue weighted by Crippen LogP contribution is -2.14. The van der Waals surface area contributed by atoms with Crippen molar-refractivity contribution < 1.29 is 17.9 Å². The summed E-state index contributed by atoms with van der Waals surface area (Å²) in [5.41, 5.74) is 1.24. The van der Waals surface area contributed by atoms with E-state index >= 15 is 0 Å². The van der Waals surface area contributed by atoms with Crippen molar-refractivity contribution in [3.63, 3.8) is 0 Å². The van der Waals surface area contributed by atoms with Gasteiger partial charge in [0.1, 0.15) is 4.90 Å². The molecule has 0 amide bonds. The third-order valence-electron chi connectivity index (χ3n) is 3.89. The van der Waals surface area contributed by atoms with Gasteiger partial charge in [0.2, 0.25) is 0 Å². The number of hydrogen-bond acceptors (Lipinski definition) is 6. The van der Waals surface area contributed by atoms with E-state index in [2.05, 4.69) is 14.7 Å². The number of ether oxygens (including phenoxy) is 1. The minimum absolute atomic E-state index is 0.138. The molecule has 0 saturated heterocycles. The molecule has 0 spiro atoms. The zero-order chi connectivity index (χ0) is 18.9. The number of amidine groups is 1. The Balaban J connectivity index is 1.64. The van der Waals surface area contributed by atoms with E-state index in [1.54, 1.807) is 54.6 Å². The molecule has 2 aromatic carbocycles. The predicted molar refractivity (Wildman–Crippen MR) is 99.4 cm³/mol. The fourth-order valence-electron chi connectivity index (χ4n) is 2.63. The molecule has 7 nitrogen and oxygen atoms in total. The topological polar surface area (TPSA) is 97.7 Å². The van der Waals surface area contributed by atoms with Crippen LogP contribution in [0.5, 0.6) is 5.75 Å². The van der Waals surface area contributed by atoms with E-state index in [0.717, 1.165) is 0 Å². The van der Waals surface area contributed by atoms with Gasteiger partial charge in [0.15, 0.2) is 11.6 Å². The van der Waals surface area contributed by atoms with E-state index in [4.69, 9.17) is 4.74 Å². The number of carbonyl (C=O) groups is 1. The van der Waals surface area contributed by atoms with Gasteiger partial charge in [0.05, 0.1) is 11.3 Å². The van der Waals surface area contributed by atoms with Crippen LogP contribution >= 0.6 is 0 Å². The van der Waals surface area contributed by atoms with Crippen molar-refractivity contribution in [3.05, 3.63) is 84.2 Å². The van der Waals surface area contributed by atoms with Crippen LogP contribution in [-0.4, -0.2) is 25.2 Å². The number of nitrogens with zero attached hydrogens (tertiary/aromatic N) is 2. The van der Waals surface area contributed by atoms with E-state index in [1.807, 2.05) is 0 Å². The molecule has 0 bridgehead atoms. The number of esters is 1. The largest absolute Gasteiger partial charge is 0.421 e. The SMILES string of the molecule is O=C(Oc1ccccc1NC1=NS(=O)(=O)c2ccccc21)c1ccncc1. The van der Waals surface area contributed by atoms with Gasteiger partial charge in [-0.05, 0) is 36.4 Å². The van der Waals surface area contributed by atoms with Crippen LogP contribution in [0.3, 0.4) is 0 Å². The van der Waals surface area contributed by atoms with Crippen LogP contribution < -0.4 is 10.1 Å². The third kappa shape index (κ3) is 3.30. The first-order valence-electron chi connectivity index (χ1n) is 7.97. The fourth-order valence-corrected chi connectivity index (χ4v) is 3.81. The minimum Gasteiger partial charge on any atom is -0.421 e. The lowest BCUT2D eigenvalue weighted by atomic mass is 10.2. The maximum atomic E-state index is 12.3. The molecule has 3 aromatic rings. The van der Waals surface area contributed by atoms with Crippen LogP contribution in [0.2, 0.25) is 0 Å². The first-order chi connectivity index (χ1) is 13.0. The van der Waals surface area contributed by atoms with E-state index in [1.165, 1.54) is 18.5 Å². The van der Waals surface area contributed by atoms with Gasteiger partial charge >= 0.3 is 5.97 Å². The van der Waals surface area contributed by atoms with E-state index in [0.29, 0.717) is 16.8 Å². The molecule has 2 heterocycles. The Kier molecular flexibility index (Phi) is 4.17. The van der Waals surface area contributed by atoms with Crippen molar-refractivity contribution >= 4 is 27.5 Å². The van der Waals surface area contributed by atoms with Gasteiger partial charge < -0.3 is 10.1 Å². The lowest BCUT2D eigenvalue weighted by molar-refractivity contribution is 0.0735. The first kappa shape index (κ1) is 16.9. The molecule has 0 unspecified atom stereocenters. The molecule has 27 heavy (non-hydrogen) atoms. The summed E-state index contributed by atoms with van der Waals surface area (Å²) >= 11 is 0. The molecule has 0 fully saturated rings. The molecule has 0 atom stereocenters. The maximum Gasteiger partial charge on any atom is 0.343 e. The summed E-state index contributed by atoms with van der Waals surface area (Å²) in [7, 11) is -3.74. The minimum atomic E-state index is -3.74. The zero-order valence-electron chi connectivity index (χ0n) is 13.9. The average molecular weight is 379 g/mol. The number of para-hydroxylation sites is 2. The number of carbonyl (C=O) groups excluding carboxylic acids is 1. The summed E-state index contributed by atoms with van der Waals surface area (Å²) < 4.78 is 33.6. The molecule has 8 heteroatoms. The zero-order valence-corrected chi connectivity index (χ0v) is 14.7. The van der Waals surface area contributed by atoms with Crippen LogP contribution in [0.25, 0.3) is 0 Å². The van der Waals surface area contributed by atoms with Crippen molar-refractivity contribution in [2.75, 3.05) is 5.32 Å². The monoisotopic (exact) mass is 379 g/mol.